The van der Waals surface area contributed by atoms with Crippen molar-refractivity contribution in [1.82, 2.24) is 0 Å². The van der Waals surface area contributed by atoms with Crippen molar-refractivity contribution < 1.29 is 19.1 Å². The number of unbranched alkanes of at least 4 members (excludes halogenated alkanes) is 10. The molecular weight excluding hydrogens is 496 g/mol. The Morgan fingerprint density at radius 1 is 0.450 bits per heavy atom. The van der Waals surface area contributed by atoms with Crippen molar-refractivity contribution in [2.45, 2.75) is 90.9 Å². The molecule has 0 atom stereocenters. The summed E-state index contributed by atoms with van der Waals surface area (Å²) in [6, 6.07) is 23.8. The molecule has 0 heterocycles. The summed E-state index contributed by atoms with van der Waals surface area (Å²) in [5, 5.41) is 0. The van der Waals surface area contributed by atoms with E-state index in [2.05, 4.69) is 62.4 Å². The Morgan fingerprint density at radius 2 is 0.750 bits per heavy atom. The van der Waals surface area contributed by atoms with Crippen molar-refractivity contribution in [3.63, 3.8) is 0 Å². The number of hydrogen-bond donors (Lipinski definition) is 0. The first-order valence-electron chi connectivity index (χ1n) is 15.3. The summed E-state index contributed by atoms with van der Waals surface area (Å²) in [6.07, 6.45) is 13.6. The van der Waals surface area contributed by atoms with Crippen LogP contribution in [-0.4, -0.2) is 25.2 Å². The van der Waals surface area contributed by atoms with Gasteiger partial charge in [0.1, 0.15) is 0 Å². The normalized spacial score (nSPS) is 10.8. The standard InChI is InChI=1S/C24H38O4.C12H8/c1-3-5-7-9-11-15-19-27-23(25)21-17-13-14-18-22(21)24(26)28-20-16-12-10-8-6-4-2;1-2-6-10-9(5-1)11-7-3-4-8-12(10)11/h13-14,17-18H,3-12,15-16,19-20H2,1-2H3;1-8H. The van der Waals surface area contributed by atoms with Gasteiger partial charge in [0.25, 0.3) is 0 Å². The van der Waals surface area contributed by atoms with Gasteiger partial charge in [0, 0.05) is 0 Å². The van der Waals surface area contributed by atoms with Crippen molar-refractivity contribution in [3.8, 4) is 22.3 Å². The fourth-order valence-electron chi connectivity index (χ4n) is 4.93. The van der Waals surface area contributed by atoms with Gasteiger partial charge in [-0.3, -0.25) is 0 Å². The Balaban J connectivity index is 0.000000297. The molecule has 3 aromatic rings. The highest BCUT2D eigenvalue weighted by molar-refractivity contribution is 6.03. The van der Waals surface area contributed by atoms with Crippen LogP contribution >= 0.6 is 0 Å². The second kappa shape index (κ2) is 18.0. The van der Waals surface area contributed by atoms with Gasteiger partial charge >= 0.3 is 11.9 Å². The zero-order valence-corrected chi connectivity index (χ0v) is 24.5. The van der Waals surface area contributed by atoms with Crippen LogP contribution in [-0.2, 0) is 9.47 Å². The van der Waals surface area contributed by atoms with Gasteiger partial charge in [0.2, 0.25) is 0 Å². The Bertz CT molecular complexity index is 1030. The van der Waals surface area contributed by atoms with Crippen LogP contribution in [0.25, 0.3) is 22.3 Å². The molecule has 214 valence electrons. The van der Waals surface area contributed by atoms with Crippen molar-refractivity contribution in [3.05, 3.63) is 83.9 Å². The van der Waals surface area contributed by atoms with Crippen LogP contribution < -0.4 is 0 Å². The van der Waals surface area contributed by atoms with Gasteiger partial charge in [0.15, 0.2) is 0 Å². The molecule has 4 nitrogen and oxygen atoms in total. The predicted molar refractivity (Wildman–Crippen MR) is 165 cm³/mol. The maximum atomic E-state index is 12.4. The number of rotatable bonds is 16. The molecule has 0 amide bonds. The highest BCUT2D eigenvalue weighted by Gasteiger charge is 2.20. The summed E-state index contributed by atoms with van der Waals surface area (Å²) in [5.41, 5.74) is 6.17. The predicted octanol–water partition coefficient (Wildman–Crippen LogP) is 10.1. The van der Waals surface area contributed by atoms with Gasteiger partial charge in [0.05, 0.1) is 24.3 Å². The molecule has 4 rings (SSSR count). The van der Waals surface area contributed by atoms with Gasteiger partial charge in [-0.25, -0.2) is 9.59 Å². The molecular formula is C36H46O4. The van der Waals surface area contributed by atoms with E-state index in [1.54, 1.807) is 24.3 Å². The average Bonchev–Trinajstić information content (AvgIpc) is 2.99. The van der Waals surface area contributed by atoms with E-state index < -0.39 is 11.9 Å². The molecule has 0 aromatic heterocycles. The van der Waals surface area contributed by atoms with Crippen molar-refractivity contribution in [2.24, 2.45) is 0 Å². The van der Waals surface area contributed by atoms with Crippen LogP contribution in [0.1, 0.15) is 112 Å². The second-order valence-corrected chi connectivity index (χ2v) is 10.4. The lowest BCUT2D eigenvalue weighted by molar-refractivity contribution is 0.0450. The van der Waals surface area contributed by atoms with Crippen molar-refractivity contribution >= 4 is 11.9 Å². The van der Waals surface area contributed by atoms with Crippen LogP contribution in [0.15, 0.2) is 72.8 Å². The fourth-order valence-corrected chi connectivity index (χ4v) is 4.93. The molecule has 0 spiro atoms. The summed E-state index contributed by atoms with van der Waals surface area (Å²) < 4.78 is 10.7. The number of ether oxygens (including phenoxy) is 2. The Hall–Kier alpha value is -3.40. The summed E-state index contributed by atoms with van der Waals surface area (Å²) in [7, 11) is 0. The largest absolute Gasteiger partial charge is 0.462 e. The topological polar surface area (TPSA) is 52.6 Å². The maximum absolute atomic E-state index is 12.4. The molecule has 4 heteroatoms. The minimum absolute atomic E-state index is 0.293. The highest BCUT2D eigenvalue weighted by atomic mass is 16.5. The molecule has 1 aliphatic rings. The number of carbonyl (C=O) groups excluding carboxylic acids is 2. The lowest BCUT2D eigenvalue weighted by Gasteiger charge is -2.22. The highest BCUT2D eigenvalue weighted by Crippen LogP contribution is 2.46. The molecule has 0 fully saturated rings. The van der Waals surface area contributed by atoms with Gasteiger partial charge in [-0.2, -0.15) is 0 Å². The molecule has 40 heavy (non-hydrogen) atoms. The van der Waals surface area contributed by atoms with E-state index in [0.29, 0.717) is 24.3 Å². The Kier molecular flexibility index (Phi) is 14.0. The van der Waals surface area contributed by atoms with Gasteiger partial charge < -0.3 is 9.47 Å². The summed E-state index contributed by atoms with van der Waals surface area (Å²) >= 11 is 0. The van der Waals surface area contributed by atoms with E-state index in [1.165, 1.54) is 73.6 Å². The van der Waals surface area contributed by atoms with Crippen LogP contribution in [0.4, 0.5) is 0 Å². The van der Waals surface area contributed by atoms with E-state index in [1.807, 2.05) is 0 Å². The SMILES string of the molecule is CCCCCCCCOC(=O)c1ccccc1C(=O)OCCCCCCCC.c1ccc2c(c1)-c1ccccc1-2. The monoisotopic (exact) mass is 542 g/mol. The number of fused-ring (bicyclic) bond motifs is 4. The lowest BCUT2D eigenvalue weighted by atomic mass is 9.81. The first-order chi connectivity index (χ1) is 19.7. The Labute approximate surface area is 241 Å². The van der Waals surface area contributed by atoms with Crippen LogP contribution in [0, 0.1) is 0 Å². The summed E-state index contributed by atoms with van der Waals surface area (Å²) in [5.74, 6) is -0.888. The minimum Gasteiger partial charge on any atom is -0.462 e. The van der Waals surface area contributed by atoms with Crippen molar-refractivity contribution in [1.29, 1.82) is 0 Å². The van der Waals surface area contributed by atoms with Gasteiger partial charge in [-0.1, -0.05) is 139 Å². The zero-order chi connectivity index (χ0) is 28.4. The molecule has 0 radical (unpaired) electrons. The number of esters is 2. The average molecular weight is 543 g/mol. The molecule has 0 aliphatic heterocycles. The zero-order valence-electron chi connectivity index (χ0n) is 24.5. The molecule has 0 bridgehead atoms. The second-order valence-electron chi connectivity index (χ2n) is 10.4. The van der Waals surface area contributed by atoms with Crippen molar-refractivity contribution in [2.75, 3.05) is 13.2 Å². The lowest BCUT2D eigenvalue weighted by Crippen LogP contribution is -2.15. The van der Waals surface area contributed by atoms with Gasteiger partial charge in [-0.15, -0.1) is 0 Å². The summed E-state index contributed by atoms with van der Waals surface area (Å²) in [6.45, 7) is 5.17. The molecule has 0 unspecified atom stereocenters. The van der Waals surface area contributed by atoms with Crippen LogP contribution in [0.5, 0.6) is 0 Å². The number of carbonyl (C=O) groups is 2. The first-order valence-corrected chi connectivity index (χ1v) is 15.3. The molecule has 3 aromatic carbocycles. The summed E-state index contributed by atoms with van der Waals surface area (Å²) in [4.78, 5) is 24.7. The first kappa shape index (κ1) is 31.1. The number of benzene rings is 3. The third-order valence-corrected chi connectivity index (χ3v) is 7.26. The van der Waals surface area contributed by atoms with Gasteiger partial charge in [-0.05, 0) is 47.2 Å². The van der Waals surface area contributed by atoms with Crippen LogP contribution in [0.3, 0.4) is 0 Å². The van der Waals surface area contributed by atoms with E-state index >= 15 is 0 Å². The van der Waals surface area contributed by atoms with E-state index in [9.17, 15) is 9.59 Å². The van der Waals surface area contributed by atoms with Crippen LogP contribution in [0.2, 0.25) is 0 Å². The maximum Gasteiger partial charge on any atom is 0.339 e. The molecule has 0 saturated heterocycles. The van der Waals surface area contributed by atoms with E-state index in [0.717, 1.165) is 25.7 Å². The smallest absolute Gasteiger partial charge is 0.339 e. The Morgan fingerprint density at radius 3 is 1.10 bits per heavy atom. The quantitative estimate of drug-likeness (QED) is 0.104. The third-order valence-electron chi connectivity index (χ3n) is 7.26. The minimum atomic E-state index is -0.444. The molecule has 0 N–H and O–H groups in total. The van der Waals surface area contributed by atoms with E-state index in [4.69, 9.17) is 9.47 Å². The molecule has 1 aliphatic carbocycles. The van der Waals surface area contributed by atoms with E-state index in [-0.39, 0.29) is 0 Å². The number of hydrogen-bond acceptors (Lipinski definition) is 4. The fraction of sp³-hybridized carbons (Fsp3) is 0.444. The third kappa shape index (κ3) is 9.66. The molecule has 0 saturated carbocycles.